The van der Waals surface area contributed by atoms with Crippen LogP contribution in [0.5, 0.6) is 5.75 Å². The molecule has 4 nitrogen and oxygen atoms in total. The highest BCUT2D eigenvalue weighted by Crippen LogP contribution is 2.37. The lowest BCUT2D eigenvalue weighted by molar-refractivity contribution is -0.146. The number of ether oxygens (including phenoxy) is 1. The molecular formula is C11H12ClNO3. The summed E-state index contributed by atoms with van der Waals surface area (Å²) in [7, 11) is 1.83. The zero-order chi connectivity index (χ0) is 11.9. The fraction of sp³-hybridized carbons (Fsp3) is 0.364. The average molecular weight is 242 g/mol. The molecule has 2 unspecified atom stereocenters. The van der Waals surface area contributed by atoms with Gasteiger partial charge in [0.25, 0.3) is 0 Å². The topological polar surface area (TPSA) is 49.8 Å². The highest BCUT2D eigenvalue weighted by molar-refractivity contribution is 6.31. The van der Waals surface area contributed by atoms with Crippen LogP contribution in [0.15, 0.2) is 18.2 Å². The molecule has 2 rings (SSSR count). The van der Waals surface area contributed by atoms with E-state index in [1.165, 1.54) is 0 Å². The summed E-state index contributed by atoms with van der Waals surface area (Å²) in [6.45, 7) is 1.81. The number of anilines is 1. The quantitative estimate of drug-likeness (QED) is 0.817. The standard InChI is InChI=1S/C11H12ClNO3/c1-6-10(11(14)15)16-9-4-3-7(12)5-8(9)13(6)2/h3-6,10H,1-2H3,(H,14,15). The van der Waals surface area contributed by atoms with Crippen LogP contribution < -0.4 is 9.64 Å². The van der Waals surface area contributed by atoms with Crippen LogP contribution in [0.4, 0.5) is 5.69 Å². The summed E-state index contributed by atoms with van der Waals surface area (Å²) in [6, 6.07) is 4.91. The largest absolute Gasteiger partial charge is 0.478 e. The molecule has 16 heavy (non-hydrogen) atoms. The van der Waals surface area contributed by atoms with E-state index in [-0.39, 0.29) is 6.04 Å². The van der Waals surface area contributed by atoms with E-state index >= 15 is 0 Å². The number of likely N-dealkylation sites (N-methyl/N-ethyl adjacent to an activating group) is 1. The van der Waals surface area contributed by atoms with Crippen molar-refractivity contribution in [3.05, 3.63) is 23.2 Å². The third-order valence-electron chi connectivity index (χ3n) is 2.85. The third-order valence-corrected chi connectivity index (χ3v) is 3.08. The van der Waals surface area contributed by atoms with E-state index in [9.17, 15) is 4.79 Å². The first-order valence-corrected chi connectivity index (χ1v) is 5.30. The number of halogens is 1. The van der Waals surface area contributed by atoms with Gasteiger partial charge in [0.15, 0.2) is 0 Å². The molecule has 0 amide bonds. The molecular weight excluding hydrogens is 230 g/mol. The predicted molar refractivity (Wildman–Crippen MR) is 61.4 cm³/mol. The van der Waals surface area contributed by atoms with E-state index in [0.717, 1.165) is 5.69 Å². The average Bonchev–Trinajstić information content (AvgIpc) is 2.23. The number of carbonyl (C=O) groups is 1. The molecule has 0 saturated heterocycles. The number of hydrogen-bond acceptors (Lipinski definition) is 3. The fourth-order valence-electron chi connectivity index (χ4n) is 1.78. The van der Waals surface area contributed by atoms with E-state index in [1.807, 2.05) is 18.9 Å². The maximum absolute atomic E-state index is 11.0. The lowest BCUT2D eigenvalue weighted by Crippen LogP contribution is -2.50. The molecule has 0 spiro atoms. The van der Waals surface area contributed by atoms with Gasteiger partial charge in [-0.1, -0.05) is 11.6 Å². The molecule has 0 fully saturated rings. The molecule has 1 aromatic rings. The number of aliphatic carboxylic acids is 1. The Labute approximate surface area is 98.4 Å². The van der Waals surface area contributed by atoms with Gasteiger partial charge in [0.2, 0.25) is 6.10 Å². The summed E-state index contributed by atoms with van der Waals surface area (Å²) in [5.74, 6) is -0.405. The van der Waals surface area contributed by atoms with Gasteiger partial charge < -0.3 is 14.7 Å². The Morgan fingerprint density at radius 3 is 2.88 bits per heavy atom. The van der Waals surface area contributed by atoms with Crippen LogP contribution in [0.3, 0.4) is 0 Å². The Hall–Kier alpha value is -1.42. The van der Waals surface area contributed by atoms with Crippen molar-refractivity contribution >= 4 is 23.3 Å². The van der Waals surface area contributed by atoms with E-state index < -0.39 is 12.1 Å². The molecule has 1 N–H and O–H groups in total. The molecule has 0 aliphatic carbocycles. The van der Waals surface area contributed by atoms with Gasteiger partial charge in [0.05, 0.1) is 11.7 Å². The number of carboxylic acid groups (broad SMARTS) is 1. The molecule has 1 aliphatic heterocycles. The van der Waals surface area contributed by atoms with Crippen LogP contribution in [0, 0.1) is 0 Å². The lowest BCUT2D eigenvalue weighted by atomic mass is 10.1. The molecule has 86 valence electrons. The van der Waals surface area contributed by atoms with Crippen LogP contribution in [-0.4, -0.2) is 30.3 Å². The zero-order valence-corrected chi connectivity index (χ0v) is 9.73. The smallest absolute Gasteiger partial charge is 0.347 e. The van der Waals surface area contributed by atoms with Gasteiger partial charge in [-0.05, 0) is 25.1 Å². The van der Waals surface area contributed by atoms with Gasteiger partial charge in [-0.15, -0.1) is 0 Å². The summed E-state index contributed by atoms with van der Waals surface area (Å²) in [4.78, 5) is 12.9. The van der Waals surface area contributed by atoms with E-state index in [4.69, 9.17) is 21.4 Å². The number of hydrogen-bond donors (Lipinski definition) is 1. The maximum atomic E-state index is 11.0. The Morgan fingerprint density at radius 2 is 2.25 bits per heavy atom. The van der Waals surface area contributed by atoms with Gasteiger partial charge in [-0.3, -0.25) is 0 Å². The first kappa shape index (κ1) is 11.1. The number of fused-ring (bicyclic) bond motifs is 1. The predicted octanol–water partition coefficient (Wildman–Crippen LogP) is 2.01. The molecule has 1 aromatic carbocycles. The second kappa shape index (κ2) is 3.87. The van der Waals surface area contributed by atoms with Gasteiger partial charge in [0.1, 0.15) is 5.75 Å². The highest BCUT2D eigenvalue weighted by atomic mass is 35.5. The number of rotatable bonds is 1. The van der Waals surface area contributed by atoms with E-state index in [1.54, 1.807) is 18.2 Å². The molecule has 1 heterocycles. The summed E-state index contributed by atoms with van der Waals surface area (Å²) < 4.78 is 5.43. The normalized spacial score (nSPS) is 23.6. The molecule has 0 radical (unpaired) electrons. The van der Waals surface area contributed by atoms with Crippen LogP contribution >= 0.6 is 11.6 Å². The van der Waals surface area contributed by atoms with Crippen LogP contribution in [-0.2, 0) is 4.79 Å². The van der Waals surface area contributed by atoms with Crippen molar-refractivity contribution in [2.75, 3.05) is 11.9 Å². The minimum atomic E-state index is -0.958. The lowest BCUT2D eigenvalue weighted by Gasteiger charge is -2.37. The summed E-state index contributed by atoms with van der Waals surface area (Å²) >= 11 is 5.89. The highest BCUT2D eigenvalue weighted by Gasteiger charge is 2.35. The van der Waals surface area contributed by atoms with Crippen molar-refractivity contribution in [1.82, 2.24) is 0 Å². The molecule has 0 aromatic heterocycles. The van der Waals surface area contributed by atoms with Crippen molar-refractivity contribution in [3.63, 3.8) is 0 Å². The van der Waals surface area contributed by atoms with Crippen molar-refractivity contribution < 1.29 is 14.6 Å². The van der Waals surface area contributed by atoms with Crippen molar-refractivity contribution in [1.29, 1.82) is 0 Å². The van der Waals surface area contributed by atoms with Crippen molar-refractivity contribution in [3.8, 4) is 5.75 Å². The monoisotopic (exact) mass is 241 g/mol. The van der Waals surface area contributed by atoms with E-state index in [2.05, 4.69) is 0 Å². The Balaban J connectivity index is 2.44. The second-order valence-electron chi connectivity index (χ2n) is 3.84. The molecule has 0 bridgehead atoms. The summed E-state index contributed by atoms with van der Waals surface area (Å²) in [5, 5.41) is 9.64. The molecule has 5 heteroatoms. The summed E-state index contributed by atoms with van der Waals surface area (Å²) in [5.41, 5.74) is 0.817. The first-order valence-electron chi connectivity index (χ1n) is 4.92. The van der Waals surface area contributed by atoms with E-state index in [0.29, 0.717) is 10.8 Å². The van der Waals surface area contributed by atoms with Gasteiger partial charge >= 0.3 is 5.97 Å². The Bertz CT molecular complexity index is 435. The Morgan fingerprint density at radius 1 is 1.56 bits per heavy atom. The molecule has 1 aliphatic rings. The number of benzene rings is 1. The number of nitrogens with zero attached hydrogens (tertiary/aromatic N) is 1. The number of carboxylic acids is 1. The second-order valence-corrected chi connectivity index (χ2v) is 4.28. The van der Waals surface area contributed by atoms with Gasteiger partial charge in [0, 0.05) is 12.1 Å². The van der Waals surface area contributed by atoms with Crippen molar-refractivity contribution in [2.45, 2.75) is 19.1 Å². The minimum absolute atomic E-state index is 0.233. The summed E-state index contributed by atoms with van der Waals surface area (Å²) in [6.07, 6.45) is -0.848. The van der Waals surface area contributed by atoms with Crippen molar-refractivity contribution in [2.24, 2.45) is 0 Å². The van der Waals surface area contributed by atoms with Gasteiger partial charge in [-0.25, -0.2) is 4.79 Å². The third kappa shape index (κ3) is 1.69. The Kier molecular flexibility index (Phi) is 2.68. The van der Waals surface area contributed by atoms with Gasteiger partial charge in [-0.2, -0.15) is 0 Å². The molecule has 0 saturated carbocycles. The molecule has 2 atom stereocenters. The van der Waals surface area contributed by atoms with Crippen LogP contribution in [0.2, 0.25) is 5.02 Å². The fourth-order valence-corrected chi connectivity index (χ4v) is 1.95. The minimum Gasteiger partial charge on any atom is -0.478 e. The first-order chi connectivity index (χ1) is 7.50. The zero-order valence-electron chi connectivity index (χ0n) is 8.98. The van der Waals surface area contributed by atoms with Crippen LogP contribution in [0.1, 0.15) is 6.92 Å². The maximum Gasteiger partial charge on any atom is 0.347 e. The van der Waals surface area contributed by atoms with Crippen LogP contribution in [0.25, 0.3) is 0 Å². The SMILES string of the molecule is CC1C(C(=O)O)Oc2ccc(Cl)cc2N1C.